The van der Waals surface area contributed by atoms with Crippen LogP contribution in [0.3, 0.4) is 0 Å². The van der Waals surface area contributed by atoms with Crippen LogP contribution in [0.15, 0.2) is 108 Å². The SMILES string of the molecule is NCc1ccc(S(=O)(=O)N2CCNC(=O)[C@H]2CC(=O)Nc2c([C@@H]3CCCc4c3ccc3c4cc(CN4CCCCCC4)c4ccccc43)ccc3ccccc23)cc1. The number of rotatable bonds is 9. The van der Waals surface area contributed by atoms with Crippen LogP contribution in [-0.2, 0) is 39.1 Å². The molecule has 0 unspecified atom stereocenters. The molecule has 9 rings (SSSR count). The molecule has 6 aromatic rings. The average molecular weight is 794 g/mol. The molecule has 4 N–H and O–H groups in total. The lowest BCUT2D eigenvalue weighted by Crippen LogP contribution is -2.57. The fraction of sp³-hybridized carbons (Fsp3) is 0.333. The van der Waals surface area contributed by atoms with Gasteiger partial charge in [0.15, 0.2) is 0 Å². The van der Waals surface area contributed by atoms with Crippen LogP contribution < -0.4 is 16.4 Å². The smallest absolute Gasteiger partial charge is 0.243 e. The molecule has 6 aromatic carbocycles. The first kappa shape index (κ1) is 38.4. The molecule has 0 spiro atoms. The Morgan fingerprint density at radius 3 is 2.24 bits per heavy atom. The molecule has 58 heavy (non-hydrogen) atoms. The number of hydrogen-bond acceptors (Lipinski definition) is 6. The number of carbonyl (C=O) groups excluding carboxylic acids is 2. The van der Waals surface area contributed by atoms with E-state index < -0.39 is 27.9 Å². The molecule has 298 valence electrons. The molecular weight excluding hydrogens is 743 g/mol. The van der Waals surface area contributed by atoms with Crippen LogP contribution in [0.4, 0.5) is 5.69 Å². The summed E-state index contributed by atoms with van der Waals surface area (Å²) in [7, 11) is -4.08. The largest absolute Gasteiger partial charge is 0.353 e. The first-order chi connectivity index (χ1) is 28.3. The van der Waals surface area contributed by atoms with E-state index in [1.54, 1.807) is 12.1 Å². The number of amides is 2. The van der Waals surface area contributed by atoms with Crippen molar-refractivity contribution in [3.05, 3.63) is 131 Å². The molecule has 2 atom stereocenters. The summed E-state index contributed by atoms with van der Waals surface area (Å²) in [5.74, 6) is -0.880. The fourth-order valence-corrected chi connectivity index (χ4v) is 11.3. The van der Waals surface area contributed by atoms with Gasteiger partial charge in [0.2, 0.25) is 21.8 Å². The third-order valence-corrected chi connectivity index (χ3v) is 14.6. The summed E-state index contributed by atoms with van der Waals surface area (Å²) < 4.78 is 29.0. The molecular formula is C48H51N5O4S. The van der Waals surface area contributed by atoms with Gasteiger partial charge < -0.3 is 16.4 Å². The number of benzene rings is 6. The van der Waals surface area contributed by atoms with Crippen LogP contribution in [0.2, 0.25) is 0 Å². The van der Waals surface area contributed by atoms with Crippen molar-refractivity contribution >= 4 is 59.8 Å². The number of fused-ring (bicyclic) bond motifs is 6. The van der Waals surface area contributed by atoms with Gasteiger partial charge in [0.1, 0.15) is 6.04 Å². The van der Waals surface area contributed by atoms with Crippen LogP contribution in [0, 0.1) is 0 Å². The Kier molecular flexibility index (Phi) is 10.8. The van der Waals surface area contributed by atoms with E-state index in [-0.39, 0.29) is 36.9 Å². The molecule has 1 aliphatic carbocycles. The predicted octanol–water partition coefficient (Wildman–Crippen LogP) is 7.97. The highest BCUT2D eigenvalue weighted by atomic mass is 32.2. The zero-order chi connectivity index (χ0) is 39.8. The molecule has 0 bridgehead atoms. The molecule has 2 aliphatic heterocycles. The van der Waals surface area contributed by atoms with E-state index in [1.165, 1.54) is 80.4 Å². The lowest BCUT2D eigenvalue weighted by atomic mass is 9.75. The van der Waals surface area contributed by atoms with Gasteiger partial charge in [0.05, 0.1) is 17.0 Å². The number of sulfonamides is 1. The van der Waals surface area contributed by atoms with Crippen LogP contribution in [0.5, 0.6) is 0 Å². The van der Waals surface area contributed by atoms with Crippen LogP contribution >= 0.6 is 0 Å². The van der Waals surface area contributed by atoms with Crippen molar-refractivity contribution in [1.29, 1.82) is 0 Å². The lowest BCUT2D eigenvalue weighted by molar-refractivity contribution is -0.130. The van der Waals surface area contributed by atoms with E-state index in [4.69, 9.17) is 5.73 Å². The van der Waals surface area contributed by atoms with Crippen molar-refractivity contribution in [2.75, 3.05) is 31.5 Å². The van der Waals surface area contributed by atoms with Gasteiger partial charge in [-0.1, -0.05) is 97.8 Å². The summed E-state index contributed by atoms with van der Waals surface area (Å²) in [5, 5.41) is 13.1. The highest BCUT2D eigenvalue weighted by Crippen LogP contribution is 2.45. The zero-order valence-corrected chi connectivity index (χ0v) is 33.7. The van der Waals surface area contributed by atoms with Crippen LogP contribution in [-0.4, -0.2) is 61.7 Å². The minimum Gasteiger partial charge on any atom is -0.353 e. The fourth-order valence-electron chi connectivity index (χ4n) is 9.76. The zero-order valence-electron chi connectivity index (χ0n) is 32.9. The van der Waals surface area contributed by atoms with Crippen molar-refractivity contribution in [2.45, 2.75) is 81.3 Å². The number of piperazine rings is 1. The summed E-state index contributed by atoms with van der Waals surface area (Å²) in [6.07, 6.45) is 7.71. The number of anilines is 1. The maximum absolute atomic E-state index is 14.2. The Morgan fingerprint density at radius 1 is 0.759 bits per heavy atom. The summed E-state index contributed by atoms with van der Waals surface area (Å²) >= 11 is 0. The maximum atomic E-state index is 14.2. The number of likely N-dealkylation sites (tertiary alicyclic amines) is 1. The van der Waals surface area contributed by atoms with Gasteiger partial charge in [-0.25, -0.2) is 8.42 Å². The average Bonchev–Trinajstić information content (AvgIpc) is 3.53. The van der Waals surface area contributed by atoms with Crippen LogP contribution in [0.25, 0.3) is 32.3 Å². The Hall–Kier alpha value is -5.13. The first-order valence-electron chi connectivity index (χ1n) is 20.9. The quantitative estimate of drug-likeness (QED) is 0.128. The van der Waals surface area contributed by atoms with E-state index in [0.29, 0.717) is 5.69 Å². The Bertz CT molecular complexity index is 2640. The Balaban J connectivity index is 1.07. The van der Waals surface area contributed by atoms with E-state index in [2.05, 4.69) is 70.1 Å². The standard InChI is InChI=1S/C48H51N5O4S/c49-30-32-16-19-35(20-17-32)58(56,57)53-27-24-50-48(55)45(53)29-46(54)51-47-37-12-4-3-10-33(37)18-21-43(47)39-14-9-15-40-41(39)22-23-42-38-13-6-5-11-36(38)34(28-44(40)42)31-52-25-7-1-2-8-26-52/h3-6,10-13,16-23,28,39,45H,1-2,7-9,14-15,24-27,29-31,49H2,(H,50,55)(H,51,54)/t39-,45-/m1/s1. The summed E-state index contributed by atoms with van der Waals surface area (Å²) in [6, 6.07) is 33.4. The molecule has 0 saturated carbocycles. The number of hydrogen-bond donors (Lipinski definition) is 3. The van der Waals surface area contributed by atoms with Crippen molar-refractivity contribution < 1.29 is 18.0 Å². The molecule has 10 heteroatoms. The van der Waals surface area contributed by atoms with Gasteiger partial charge in [0, 0.05) is 37.5 Å². The molecule has 2 amide bonds. The van der Waals surface area contributed by atoms with E-state index in [9.17, 15) is 18.0 Å². The molecule has 3 aliphatic rings. The summed E-state index contributed by atoms with van der Waals surface area (Å²) in [6.45, 7) is 3.73. The molecule has 0 radical (unpaired) electrons. The van der Waals surface area contributed by atoms with Gasteiger partial charge in [-0.2, -0.15) is 4.31 Å². The number of carbonyl (C=O) groups is 2. The third kappa shape index (κ3) is 7.28. The highest BCUT2D eigenvalue weighted by molar-refractivity contribution is 7.89. The molecule has 2 fully saturated rings. The number of nitrogens with two attached hydrogens (primary N) is 1. The van der Waals surface area contributed by atoms with Gasteiger partial charge in [-0.3, -0.25) is 14.5 Å². The molecule has 0 aromatic heterocycles. The third-order valence-electron chi connectivity index (χ3n) is 12.7. The topological polar surface area (TPSA) is 125 Å². The van der Waals surface area contributed by atoms with Crippen molar-refractivity contribution in [1.82, 2.24) is 14.5 Å². The molecule has 2 saturated heterocycles. The van der Waals surface area contributed by atoms with Crippen LogP contribution in [0.1, 0.15) is 78.7 Å². The Labute approximate surface area is 340 Å². The second kappa shape index (κ2) is 16.3. The van der Waals surface area contributed by atoms with E-state index >= 15 is 0 Å². The number of nitrogens with zero attached hydrogens (tertiary/aromatic N) is 2. The normalized spacial score (nSPS) is 19.5. The highest BCUT2D eigenvalue weighted by Gasteiger charge is 2.40. The molecule has 9 nitrogen and oxygen atoms in total. The number of aryl methyl sites for hydroxylation is 1. The van der Waals surface area contributed by atoms with Crippen molar-refractivity contribution in [3.8, 4) is 0 Å². The predicted molar refractivity (Wildman–Crippen MR) is 232 cm³/mol. The van der Waals surface area contributed by atoms with E-state index in [1.807, 2.05) is 24.3 Å². The minimum absolute atomic E-state index is 0.0277. The van der Waals surface area contributed by atoms with E-state index in [0.717, 1.165) is 60.8 Å². The Morgan fingerprint density at radius 2 is 1.47 bits per heavy atom. The van der Waals surface area contributed by atoms with Gasteiger partial charge in [-0.05, 0) is 118 Å². The number of nitrogens with one attached hydrogen (secondary N) is 2. The summed E-state index contributed by atoms with van der Waals surface area (Å²) in [5.41, 5.74) is 12.3. The minimum atomic E-state index is -4.08. The lowest BCUT2D eigenvalue weighted by Gasteiger charge is -2.34. The van der Waals surface area contributed by atoms with Gasteiger partial charge in [-0.15, -0.1) is 0 Å². The van der Waals surface area contributed by atoms with Crippen molar-refractivity contribution in [2.24, 2.45) is 5.73 Å². The van der Waals surface area contributed by atoms with Gasteiger partial charge >= 0.3 is 0 Å². The second-order valence-electron chi connectivity index (χ2n) is 16.2. The summed E-state index contributed by atoms with van der Waals surface area (Å²) in [4.78, 5) is 30.3. The second-order valence-corrected chi connectivity index (χ2v) is 18.1. The monoisotopic (exact) mass is 793 g/mol. The first-order valence-corrected chi connectivity index (χ1v) is 22.3. The maximum Gasteiger partial charge on any atom is 0.243 e. The molecule has 2 heterocycles. The van der Waals surface area contributed by atoms with Crippen molar-refractivity contribution in [3.63, 3.8) is 0 Å². The van der Waals surface area contributed by atoms with Gasteiger partial charge in [0.25, 0.3) is 0 Å².